The molecule has 0 radical (unpaired) electrons. The molecule has 0 aliphatic heterocycles. The number of nitrogens with one attached hydrogen (secondary N) is 1. The number of aromatic nitrogens is 1. The minimum Gasteiger partial charge on any atom is -0.312 e. The minimum atomic E-state index is -4.33. The van der Waals surface area contributed by atoms with E-state index >= 15 is 0 Å². The van der Waals surface area contributed by atoms with Gasteiger partial charge in [0.1, 0.15) is 0 Å². The smallest absolute Gasteiger partial charge is 0.312 e. The van der Waals surface area contributed by atoms with Crippen molar-refractivity contribution in [1.29, 1.82) is 0 Å². The maximum atomic E-state index is 12.6. The molecule has 0 aromatic carbocycles. The van der Waals surface area contributed by atoms with Gasteiger partial charge >= 0.3 is 6.18 Å². The Hall–Kier alpha value is -0.620. The number of alkyl halides is 3. The lowest BCUT2D eigenvalue weighted by Crippen LogP contribution is -2.23. The Morgan fingerprint density at radius 2 is 2.21 bits per heavy atom. The van der Waals surface area contributed by atoms with Crippen LogP contribution in [0.2, 0.25) is 0 Å². The SMILES string of the molecule is CCC1CCC(C(NC)c2cnc(C(F)(F)F)s2)C1. The highest BCUT2D eigenvalue weighted by Gasteiger charge is 2.37. The van der Waals surface area contributed by atoms with Crippen molar-refractivity contribution in [1.82, 2.24) is 10.3 Å². The molecule has 108 valence electrons. The highest BCUT2D eigenvalue weighted by atomic mass is 32.1. The Kier molecular flexibility index (Phi) is 4.50. The van der Waals surface area contributed by atoms with Crippen LogP contribution in [0.5, 0.6) is 0 Å². The number of rotatable bonds is 4. The molecule has 0 spiro atoms. The second-order valence-electron chi connectivity index (χ2n) is 5.18. The standard InChI is InChI=1S/C13H19F3N2S/c1-3-8-4-5-9(6-8)11(17-2)10-7-18-12(19-10)13(14,15)16/h7-9,11,17H,3-6H2,1-2H3. The van der Waals surface area contributed by atoms with E-state index in [0.717, 1.165) is 36.5 Å². The average molecular weight is 292 g/mol. The van der Waals surface area contributed by atoms with E-state index in [2.05, 4.69) is 17.2 Å². The van der Waals surface area contributed by atoms with Crippen molar-refractivity contribution in [3.63, 3.8) is 0 Å². The molecule has 1 aromatic rings. The largest absolute Gasteiger partial charge is 0.443 e. The summed E-state index contributed by atoms with van der Waals surface area (Å²) in [5, 5.41) is 2.43. The fourth-order valence-electron chi connectivity index (χ4n) is 2.96. The predicted molar refractivity (Wildman–Crippen MR) is 70.0 cm³/mol. The van der Waals surface area contributed by atoms with E-state index in [9.17, 15) is 13.2 Å². The van der Waals surface area contributed by atoms with Gasteiger partial charge in [0.25, 0.3) is 0 Å². The van der Waals surface area contributed by atoms with Crippen LogP contribution in [0, 0.1) is 11.8 Å². The van der Waals surface area contributed by atoms with E-state index in [1.165, 1.54) is 12.6 Å². The number of nitrogens with zero attached hydrogens (tertiary/aromatic N) is 1. The quantitative estimate of drug-likeness (QED) is 0.897. The van der Waals surface area contributed by atoms with Crippen LogP contribution in [0.3, 0.4) is 0 Å². The topological polar surface area (TPSA) is 24.9 Å². The van der Waals surface area contributed by atoms with Gasteiger partial charge in [-0.15, -0.1) is 11.3 Å². The van der Waals surface area contributed by atoms with Crippen molar-refractivity contribution in [3.8, 4) is 0 Å². The van der Waals surface area contributed by atoms with Gasteiger partial charge in [-0.2, -0.15) is 13.2 Å². The van der Waals surface area contributed by atoms with Crippen LogP contribution in [-0.2, 0) is 6.18 Å². The van der Waals surface area contributed by atoms with Crippen molar-refractivity contribution in [3.05, 3.63) is 16.1 Å². The van der Waals surface area contributed by atoms with Crippen molar-refractivity contribution in [2.24, 2.45) is 11.8 Å². The van der Waals surface area contributed by atoms with Crippen LogP contribution in [0.15, 0.2) is 6.20 Å². The molecule has 1 aliphatic carbocycles. The molecule has 1 aliphatic rings. The van der Waals surface area contributed by atoms with Crippen LogP contribution in [-0.4, -0.2) is 12.0 Å². The molecule has 1 N–H and O–H groups in total. The molecule has 1 saturated carbocycles. The van der Waals surface area contributed by atoms with Gasteiger partial charge in [-0.05, 0) is 31.7 Å². The van der Waals surface area contributed by atoms with E-state index in [0.29, 0.717) is 10.8 Å². The number of hydrogen-bond acceptors (Lipinski definition) is 3. The first-order chi connectivity index (χ1) is 8.95. The van der Waals surface area contributed by atoms with Gasteiger partial charge in [-0.25, -0.2) is 4.98 Å². The van der Waals surface area contributed by atoms with Crippen molar-refractivity contribution in [2.45, 2.75) is 44.8 Å². The van der Waals surface area contributed by atoms with Gasteiger partial charge in [0.05, 0.1) is 0 Å². The maximum absolute atomic E-state index is 12.6. The Bertz CT molecular complexity index is 416. The highest BCUT2D eigenvalue weighted by Crippen LogP contribution is 2.43. The maximum Gasteiger partial charge on any atom is 0.443 e. The fourth-order valence-corrected chi connectivity index (χ4v) is 3.95. The first-order valence-corrected chi connectivity index (χ1v) is 7.47. The molecule has 0 amide bonds. The third-order valence-electron chi connectivity index (χ3n) is 4.01. The van der Waals surface area contributed by atoms with E-state index in [-0.39, 0.29) is 6.04 Å². The second kappa shape index (κ2) is 5.79. The molecule has 1 fully saturated rings. The normalized spacial score (nSPS) is 25.7. The Balaban J connectivity index is 2.12. The Morgan fingerprint density at radius 1 is 1.47 bits per heavy atom. The molecular weight excluding hydrogens is 273 g/mol. The van der Waals surface area contributed by atoms with Crippen LogP contribution in [0.4, 0.5) is 13.2 Å². The number of hydrogen-bond donors (Lipinski definition) is 1. The molecule has 3 unspecified atom stereocenters. The Labute approximate surface area is 115 Å². The first kappa shape index (κ1) is 14.8. The van der Waals surface area contributed by atoms with Gasteiger partial charge in [0, 0.05) is 17.1 Å². The zero-order valence-electron chi connectivity index (χ0n) is 11.1. The molecule has 2 rings (SSSR count). The summed E-state index contributed by atoms with van der Waals surface area (Å²) in [6, 6.07) is 0.00477. The average Bonchev–Trinajstić information content (AvgIpc) is 2.98. The minimum absolute atomic E-state index is 0.00477. The van der Waals surface area contributed by atoms with E-state index in [1.807, 2.05) is 7.05 Å². The molecule has 2 nitrogen and oxygen atoms in total. The molecule has 1 heterocycles. The summed E-state index contributed by atoms with van der Waals surface area (Å²) in [5.74, 6) is 1.15. The van der Waals surface area contributed by atoms with Crippen molar-refractivity contribution < 1.29 is 13.2 Å². The summed E-state index contributed by atoms with van der Waals surface area (Å²) in [5.41, 5.74) is 0. The third kappa shape index (κ3) is 3.28. The summed E-state index contributed by atoms with van der Waals surface area (Å²) in [7, 11) is 1.82. The summed E-state index contributed by atoms with van der Waals surface area (Å²) in [6.07, 6.45) is 1.58. The van der Waals surface area contributed by atoms with Gasteiger partial charge in [-0.3, -0.25) is 0 Å². The monoisotopic (exact) mass is 292 g/mol. The van der Waals surface area contributed by atoms with Crippen LogP contribution in [0.1, 0.15) is 48.5 Å². The van der Waals surface area contributed by atoms with Gasteiger partial charge in [-0.1, -0.05) is 19.8 Å². The second-order valence-corrected chi connectivity index (χ2v) is 6.24. The van der Waals surface area contributed by atoms with Crippen LogP contribution in [0.25, 0.3) is 0 Å². The lowest BCUT2D eigenvalue weighted by atomic mass is 9.95. The third-order valence-corrected chi connectivity index (χ3v) is 5.14. The molecule has 3 atom stereocenters. The molecule has 19 heavy (non-hydrogen) atoms. The number of thiazole rings is 1. The lowest BCUT2D eigenvalue weighted by Gasteiger charge is -2.21. The van der Waals surface area contributed by atoms with Crippen molar-refractivity contribution >= 4 is 11.3 Å². The van der Waals surface area contributed by atoms with Gasteiger partial charge in [0.2, 0.25) is 0 Å². The highest BCUT2D eigenvalue weighted by molar-refractivity contribution is 7.11. The van der Waals surface area contributed by atoms with E-state index in [4.69, 9.17) is 0 Å². The summed E-state index contributed by atoms with van der Waals surface area (Å²) in [4.78, 5) is 4.23. The zero-order chi connectivity index (χ0) is 14.0. The summed E-state index contributed by atoms with van der Waals surface area (Å²) in [6.45, 7) is 2.18. The van der Waals surface area contributed by atoms with E-state index < -0.39 is 11.2 Å². The van der Waals surface area contributed by atoms with Crippen molar-refractivity contribution in [2.75, 3.05) is 7.05 Å². The molecular formula is C13H19F3N2S. The summed E-state index contributed by atoms with van der Waals surface area (Å²) < 4.78 is 37.8. The predicted octanol–water partition coefficient (Wildman–Crippen LogP) is 4.25. The molecule has 0 saturated heterocycles. The molecule has 1 aromatic heterocycles. The zero-order valence-corrected chi connectivity index (χ0v) is 11.9. The van der Waals surface area contributed by atoms with Gasteiger partial charge in [0.15, 0.2) is 5.01 Å². The molecule has 6 heteroatoms. The lowest BCUT2D eigenvalue weighted by molar-refractivity contribution is -0.137. The summed E-state index contributed by atoms with van der Waals surface area (Å²) >= 11 is 0.770. The van der Waals surface area contributed by atoms with Crippen LogP contribution >= 0.6 is 11.3 Å². The molecule has 0 bridgehead atoms. The van der Waals surface area contributed by atoms with Crippen LogP contribution < -0.4 is 5.32 Å². The fraction of sp³-hybridized carbons (Fsp3) is 0.769. The van der Waals surface area contributed by atoms with E-state index in [1.54, 1.807) is 0 Å². The van der Waals surface area contributed by atoms with Gasteiger partial charge < -0.3 is 5.32 Å². The first-order valence-electron chi connectivity index (χ1n) is 6.65. The Morgan fingerprint density at radius 3 is 2.68 bits per heavy atom. The number of halogens is 3.